The molecule has 0 atom stereocenters. The average Bonchev–Trinajstić information content (AvgIpc) is 1.66. The number of unbranched alkanes of at least 4 members (excludes halogenated alkanes) is 1. The van der Waals surface area contributed by atoms with Gasteiger partial charge < -0.3 is 0 Å². The van der Waals surface area contributed by atoms with E-state index in [0.29, 0.717) is 0 Å². The van der Waals surface area contributed by atoms with Gasteiger partial charge in [0.1, 0.15) is 0 Å². The van der Waals surface area contributed by atoms with Crippen molar-refractivity contribution in [2.45, 2.75) is 33.6 Å². The normalized spacial score (nSPS) is 7.56. The van der Waals surface area contributed by atoms with E-state index >= 15 is 0 Å². The Hall–Kier alpha value is 0.220. The van der Waals surface area contributed by atoms with E-state index in [9.17, 15) is 0 Å². The van der Waals surface area contributed by atoms with Gasteiger partial charge >= 0.3 is 0 Å². The molecule has 0 aromatic rings. The summed E-state index contributed by atoms with van der Waals surface area (Å²) in [5.41, 5.74) is 1.17. The Bertz CT molecular complexity index is 51.6. The summed E-state index contributed by atoms with van der Waals surface area (Å²) in [4.78, 5) is 0. The van der Waals surface area contributed by atoms with Crippen molar-refractivity contribution in [3.05, 3.63) is 12.2 Å². The molecule has 0 heterocycles. The highest BCUT2D eigenvalue weighted by Gasteiger charge is 1.69. The second-order valence-corrected chi connectivity index (χ2v) is 3.04. The van der Waals surface area contributed by atoms with E-state index in [1.807, 2.05) is 13.8 Å². The Kier molecular flexibility index (Phi) is 14.7. The molecule has 56 valence electrons. The largest absolute Gasteiger partial charge is 0.100 e. The fourth-order valence-electron chi connectivity index (χ4n) is 0.134. The molecule has 0 nitrogen and oxygen atoms in total. The molecule has 0 radical (unpaired) electrons. The second kappa shape index (κ2) is 11.1. The van der Waals surface area contributed by atoms with Crippen molar-refractivity contribution >= 4 is 15.9 Å². The smallest absolute Gasteiger partial charge is 0.00312 e. The minimum atomic E-state index is 1.16. The Balaban J connectivity index is 0. The van der Waals surface area contributed by atoms with E-state index in [2.05, 4.69) is 29.4 Å². The zero-order valence-corrected chi connectivity index (χ0v) is 8.29. The van der Waals surface area contributed by atoms with Crippen LogP contribution in [0.2, 0.25) is 0 Å². The molecule has 0 amide bonds. The third-order valence-corrected chi connectivity index (χ3v) is 1.05. The lowest BCUT2D eigenvalue weighted by Crippen LogP contribution is -1.64. The SMILES string of the molecule is C=C(C)C.CCCCBr. The van der Waals surface area contributed by atoms with Gasteiger partial charge in [0, 0.05) is 5.33 Å². The number of halogens is 1. The molecule has 0 unspecified atom stereocenters. The van der Waals surface area contributed by atoms with Gasteiger partial charge in [0.05, 0.1) is 0 Å². The fourth-order valence-corrected chi connectivity index (χ4v) is 0.694. The number of hydrogen-bond donors (Lipinski definition) is 0. The van der Waals surface area contributed by atoms with E-state index in [0.717, 1.165) is 5.33 Å². The van der Waals surface area contributed by atoms with E-state index in [4.69, 9.17) is 0 Å². The Morgan fingerprint density at radius 3 is 1.78 bits per heavy atom. The maximum atomic E-state index is 3.56. The van der Waals surface area contributed by atoms with Crippen LogP contribution in [0.5, 0.6) is 0 Å². The maximum absolute atomic E-state index is 3.56. The fraction of sp³-hybridized carbons (Fsp3) is 0.750. The number of allylic oxidation sites excluding steroid dienone is 1. The van der Waals surface area contributed by atoms with Crippen LogP contribution in [-0.4, -0.2) is 5.33 Å². The van der Waals surface area contributed by atoms with E-state index < -0.39 is 0 Å². The molecule has 0 saturated heterocycles. The highest BCUT2D eigenvalue weighted by atomic mass is 79.9. The van der Waals surface area contributed by atoms with Gasteiger partial charge in [0.2, 0.25) is 0 Å². The molecular weight excluding hydrogens is 176 g/mol. The van der Waals surface area contributed by atoms with Gasteiger partial charge in [0.15, 0.2) is 0 Å². The highest BCUT2D eigenvalue weighted by molar-refractivity contribution is 9.09. The van der Waals surface area contributed by atoms with E-state index in [1.54, 1.807) is 0 Å². The first-order chi connectivity index (χ1) is 4.15. The first kappa shape index (κ1) is 12.0. The third kappa shape index (κ3) is 64.5. The lowest BCUT2D eigenvalue weighted by molar-refractivity contribution is 0.902. The summed E-state index contributed by atoms with van der Waals surface area (Å²) < 4.78 is 0. The number of hydrogen-bond acceptors (Lipinski definition) is 0. The van der Waals surface area contributed by atoms with Crippen LogP contribution in [0.25, 0.3) is 0 Å². The average molecular weight is 193 g/mol. The van der Waals surface area contributed by atoms with Gasteiger partial charge in [-0.3, -0.25) is 0 Å². The van der Waals surface area contributed by atoms with Crippen LogP contribution < -0.4 is 0 Å². The molecule has 0 aromatic carbocycles. The maximum Gasteiger partial charge on any atom is 0.00312 e. The summed E-state index contributed by atoms with van der Waals surface area (Å²) in [6.45, 7) is 9.68. The van der Waals surface area contributed by atoms with Crippen LogP contribution in [0.1, 0.15) is 33.6 Å². The van der Waals surface area contributed by atoms with Crippen molar-refractivity contribution in [1.29, 1.82) is 0 Å². The van der Waals surface area contributed by atoms with Crippen LogP contribution >= 0.6 is 15.9 Å². The molecule has 0 rings (SSSR count). The standard InChI is InChI=1S/C4H9Br.C4H8/c1-2-3-4-5;1-4(2)3/h2-4H2,1H3;1H2,2-3H3. The minimum Gasteiger partial charge on any atom is -0.100 e. The summed E-state index contributed by atoms with van der Waals surface area (Å²) in [6.07, 6.45) is 2.60. The van der Waals surface area contributed by atoms with Crippen molar-refractivity contribution in [3.8, 4) is 0 Å². The molecule has 0 fully saturated rings. The Labute approximate surface area is 67.5 Å². The molecule has 0 saturated carbocycles. The molecule has 1 heteroatoms. The van der Waals surface area contributed by atoms with Crippen molar-refractivity contribution in [3.63, 3.8) is 0 Å². The molecule has 0 bridgehead atoms. The lowest BCUT2D eigenvalue weighted by atomic mass is 10.4. The van der Waals surface area contributed by atoms with Gasteiger partial charge in [0.25, 0.3) is 0 Å². The van der Waals surface area contributed by atoms with Crippen LogP contribution in [-0.2, 0) is 0 Å². The summed E-state index contributed by atoms with van der Waals surface area (Å²) >= 11 is 3.31. The number of rotatable bonds is 2. The van der Waals surface area contributed by atoms with Gasteiger partial charge in [-0.15, -0.1) is 6.58 Å². The lowest BCUT2D eigenvalue weighted by Gasteiger charge is -1.77. The van der Waals surface area contributed by atoms with Crippen molar-refractivity contribution in [1.82, 2.24) is 0 Å². The molecule has 0 N–H and O–H groups in total. The van der Waals surface area contributed by atoms with Crippen molar-refractivity contribution in [2.75, 3.05) is 5.33 Å². The first-order valence-corrected chi connectivity index (χ1v) is 4.45. The third-order valence-electron chi connectivity index (χ3n) is 0.487. The summed E-state index contributed by atoms with van der Waals surface area (Å²) in [5, 5.41) is 1.16. The van der Waals surface area contributed by atoms with Crippen LogP contribution in [0.4, 0.5) is 0 Å². The monoisotopic (exact) mass is 192 g/mol. The topological polar surface area (TPSA) is 0 Å². The molecular formula is C8H17Br. The van der Waals surface area contributed by atoms with Crippen LogP contribution in [0, 0.1) is 0 Å². The molecule has 0 aliphatic heterocycles. The molecule has 0 spiro atoms. The van der Waals surface area contributed by atoms with Gasteiger partial charge in [-0.1, -0.05) is 34.8 Å². The summed E-state index contributed by atoms with van der Waals surface area (Å²) in [6, 6.07) is 0. The molecule has 0 aromatic heterocycles. The predicted octanol–water partition coefficient (Wildman–Crippen LogP) is 3.76. The summed E-state index contributed by atoms with van der Waals surface area (Å²) in [5.74, 6) is 0. The van der Waals surface area contributed by atoms with E-state index in [1.165, 1.54) is 18.4 Å². The van der Waals surface area contributed by atoms with Crippen LogP contribution in [0.15, 0.2) is 12.2 Å². The van der Waals surface area contributed by atoms with Gasteiger partial charge in [-0.2, -0.15) is 0 Å². The number of alkyl halides is 1. The van der Waals surface area contributed by atoms with Crippen molar-refractivity contribution in [2.24, 2.45) is 0 Å². The molecule has 9 heavy (non-hydrogen) atoms. The highest BCUT2D eigenvalue weighted by Crippen LogP contribution is 1.89. The second-order valence-electron chi connectivity index (χ2n) is 2.25. The Morgan fingerprint density at radius 1 is 1.44 bits per heavy atom. The quantitative estimate of drug-likeness (QED) is 0.462. The molecule has 0 aliphatic rings. The van der Waals surface area contributed by atoms with Gasteiger partial charge in [-0.05, 0) is 20.3 Å². The minimum absolute atomic E-state index is 1.16. The zero-order valence-electron chi connectivity index (χ0n) is 6.71. The summed E-state index contributed by atoms with van der Waals surface area (Å²) in [7, 11) is 0. The molecule has 0 aliphatic carbocycles. The zero-order chi connectivity index (χ0) is 7.70. The predicted molar refractivity (Wildman–Crippen MR) is 49.2 cm³/mol. The van der Waals surface area contributed by atoms with Gasteiger partial charge in [-0.25, -0.2) is 0 Å². The first-order valence-electron chi connectivity index (χ1n) is 3.33. The van der Waals surface area contributed by atoms with Crippen LogP contribution in [0.3, 0.4) is 0 Å². The Morgan fingerprint density at radius 2 is 1.78 bits per heavy atom. The van der Waals surface area contributed by atoms with Crippen molar-refractivity contribution < 1.29 is 0 Å². The van der Waals surface area contributed by atoms with E-state index in [-0.39, 0.29) is 0 Å².